The summed E-state index contributed by atoms with van der Waals surface area (Å²) in [6.45, 7) is 13.2. The molecule has 0 aliphatic carbocycles. The molecule has 1 saturated heterocycles. The normalized spacial score (nSPS) is 26.0. The van der Waals surface area contributed by atoms with Crippen LogP contribution in [0.25, 0.3) is 0 Å². The Balaban J connectivity index is 2.11. The maximum Gasteiger partial charge on any atom is 0.0593 e. The molecule has 1 aliphatic heterocycles. The van der Waals surface area contributed by atoms with Gasteiger partial charge in [0.15, 0.2) is 0 Å². The van der Waals surface area contributed by atoms with Crippen molar-refractivity contribution in [2.24, 2.45) is 0 Å². The third-order valence-corrected chi connectivity index (χ3v) is 3.50. The Morgan fingerprint density at radius 1 is 1.47 bits per heavy atom. The fourth-order valence-electron chi connectivity index (χ4n) is 2.48. The van der Waals surface area contributed by atoms with Crippen LogP contribution in [0, 0.1) is 0 Å². The number of nitrogens with one attached hydrogen (secondary N) is 1. The summed E-state index contributed by atoms with van der Waals surface area (Å²) in [5, 5.41) is 3.55. The maximum absolute atomic E-state index is 5.57. The molecule has 0 saturated carbocycles. The maximum atomic E-state index is 5.57. The molecule has 0 aromatic carbocycles. The number of likely N-dealkylation sites (tertiary alicyclic amines) is 1. The minimum absolute atomic E-state index is 0.677. The Morgan fingerprint density at radius 2 is 2.29 bits per heavy atom. The number of piperidine rings is 1. The van der Waals surface area contributed by atoms with Crippen LogP contribution in [0.1, 0.15) is 33.1 Å². The van der Waals surface area contributed by atoms with E-state index in [4.69, 9.17) is 4.74 Å². The van der Waals surface area contributed by atoms with Crippen LogP contribution in [-0.2, 0) is 4.74 Å². The second-order valence-electron chi connectivity index (χ2n) is 4.85. The molecular formula is C14H28N2O. The van der Waals surface area contributed by atoms with Crippen molar-refractivity contribution in [3.63, 3.8) is 0 Å². The van der Waals surface area contributed by atoms with Gasteiger partial charge in [-0.15, -0.1) is 6.58 Å². The summed E-state index contributed by atoms with van der Waals surface area (Å²) in [4.78, 5) is 2.54. The number of ether oxygens (including phenoxy) is 1. The minimum atomic E-state index is 0.677. The minimum Gasteiger partial charge on any atom is -0.380 e. The summed E-state index contributed by atoms with van der Waals surface area (Å²) in [5.41, 5.74) is 0. The van der Waals surface area contributed by atoms with Crippen molar-refractivity contribution in [3.05, 3.63) is 12.7 Å². The highest BCUT2D eigenvalue weighted by Gasteiger charge is 2.24. The Bertz CT molecular complexity index is 208. The SMILES string of the molecule is C=CCCOCCN1CCC(NCC)CC1C. The Morgan fingerprint density at radius 3 is 2.94 bits per heavy atom. The molecule has 2 atom stereocenters. The zero-order chi connectivity index (χ0) is 12.5. The summed E-state index contributed by atoms with van der Waals surface area (Å²) >= 11 is 0. The average Bonchev–Trinajstić information content (AvgIpc) is 2.32. The first-order valence-electron chi connectivity index (χ1n) is 6.94. The monoisotopic (exact) mass is 240 g/mol. The van der Waals surface area contributed by atoms with Crippen LogP contribution < -0.4 is 5.32 Å². The van der Waals surface area contributed by atoms with Crippen molar-refractivity contribution in [3.8, 4) is 0 Å². The van der Waals surface area contributed by atoms with Crippen LogP contribution >= 0.6 is 0 Å². The van der Waals surface area contributed by atoms with Crippen molar-refractivity contribution < 1.29 is 4.74 Å². The van der Waals surface area contributed by atoms with E-state index in [1.165, 1.54) is 19.4 Å². The number of rotatable bonds is 8. The molecular weight excluding hydrogens is 212 g/mol. The van der Waals surface area contributed by atoms with Crippen LogP contribution in [0.2, 0.25) is 0 Å². The third-order valence-electron chi connectivity index (χ3n) is 3.50. The largest absolute Gasteiger partial charge is 0.380 e. The molecule has 0 aromatic heterocycles. The van der Waals surface area contributed by atoms with Gasteiger partial charge in [-0.2, -0.15) is 0 Å². The fraction of sp³-hybridized carbons (Fsp3) is 0.857. The molecule has 1 heterocycles. The van der Waals surface area contributed by atoms with E-state index in [9.17, 15) is 0 Å². The molecule has 1 rings (SSSR count). The van der Waals surface area contributed by atoms with Gasteiger partial charge in [0.05, 0.1) is 13.2 Å². The van der Waals surface area contributed by atoms with Crippen molar-refractivity contribution in [1.82, 2.24) is 10.2 Å². The van der Waals surface area contributed by atoms with E-state index < -0.39 is 0 Å². The standard InChI is InChI=1S/C14H28N2O/c1-4-6-10-17-11-9-16-8-7-14(15-5-2)12-13(16)3/h4,13-15H,1,5-12H2,2-3H3. The second-order valence-corrected chi connectivity index (χ2v) is 4.85. The first-order valence-corrected chi connectivity index (χ1v) is 6.94. The molecule has 2 unspecified atom stereocenters. The lowest BCUT2D eigenvalue weighted by Crippen LogP contribution is -2.48. The van der Waals surface area contributed by atoms with E-state index in [1.54, 1.807) is 0 Å². The van der Waals surface area contributed by atoms with Gasteiger partial charge in [-0.05, 0) is 39.3 Å². The quantitative estimate of drug-likeness (QED) is 0.519. The zero-order valence-electron chi connectivity index (χ0n) is 11.5. The molecule has 1 fully saturated rings. The number of hydrogen-bond acceptors (Lipinski definition) is 3. The number of nitrogens with zero attached hydrogens (tertiary/aromatic N) is 1. The van der Waals surface area contributed by atoms with Gasteiger partial charge in [-0.1, -0.05) is 13.0 Å². The summed E-state index contributed by atoms with van der Waals surface area (Å²) in [7, 11) is 0. The molecule has 17 heavy (non-hydrogen) atoms. The van der Waals surface area contributed by atoms with Gasteiger partial charge in [0.25, 0.3) is 0 Å². The first-order chi connectivity index (χ1) is 8.27. The van der Waals surface area contributed by atoms with Gasteiger partial charge in [-0.25, -0.2) is 0 Å². The smallest absolute Gasteiger partial charge is 0.0593 e. The summed E-state index contributed by atoms with van der Waals surface area (Å²) in [6.07, 6.45) is 5.40. The molecule has 1 N–H and O–H groups in total. The Labute approximate surface area is 106 Å². The Kier molecular flexibility index (Phi) is 7.49. The van der Waals surface area contributed by atoms with Gasteiger partial charge in [0, 0.05) is 18.6 Å². The van der Waals surface area contributed by atoms with Crippen molar-refractivity contribution >= 4 is 0 Å². The van der Waals surface area contributed by atoms with E-state index in [0.29, 0.717) is 12.1 Å². The van der Waals surface area contributed by atoms with E-state index >= 15 is 0 Å². The van der Waals surface area contributed by atoms with E-state index in [2.05, 4.69) is 30.6 Å². The van der Waals surface area contributed by atoms with Crippen LogP contribution in [0.5, 0.6) is 0 Å². The summed E-state index contributed by atoms with van der Waals surface area (Å²) in [6, 6.07) is 1.39. The highest BCUT2D eigenvalue weighted by molar-refractivity contribution is 4.82. The van der Waals surface area contributed by atoms with Crippen molar-refractivity contribution in [2.45, 2.75) is 45.2 Å². The first kappa shape index (κ1) is 14.7. The molecule has 0 bridgehead atoms. The molecule has 0 amide bonds. The lowest BCUT2D eigenvalue weighted by molar-refractivity contribution is 0.0710. The highest BCUT2D eigenvalue weighted by Crippen LogP contribution is 2.16. The van der Waals surface area contributed by atoms with Gasteiger partial charge >= 0.3 is 0 Å². The molecule has 100 valence electrons. The van der Waals surface area contributed by atoms with Crippen LogP contribution in [0.3, 0.4) is 0 Å². The second kappa shape index (κ2) is 8.67. The fourth-order valence-corrected chi connectivity index (χ4v) is 2.48. The van der Waals surface area contributed by atoms with Crippen molar-refractivity contribution in [1.29, 1.82) is 0 Å². The van der Waals surface area contributed by atoms with Gasteiger partial charge in [0.1, 0.15) is 0 Å². The molecule has 0 aromatic rings. The van der Waals surface area contributed by atoms with E-state index in [-0.39, 0.29) is 0 Å². The highest BCUT2D eigenvalue weighted by atomic mass is 16.5. The van der Waals surface area contributed by atoms with Crippen molar-refractivity contribution in [2.75, 3.05) is 32.8 Å². The van der Waals surface area contributed by atoms with Crippen LogP contribution in [0.15, 0.2) is 12.7 Å². The molecule has 3 heteroatoms. The zero-order valence-corrected chi connectivity index (χ0v) is 11.5. The van der Waals surface area contributed by atoms with E-state index in [1.807, 2.05) is 6.08 Å². The van der Waals surface area contributed by atoms with Crippen LogP contribution in [0.4, 0.5) is 0 Å². The summed E-state index contributed by atoms with van der Waals surface area (Å²) in [5.74, 6) is 0. The predicted molar refractivity (Wildman–Crippen MR) is 73.4 cm³/mol. The third kappa shape index (κ3) is 5.66. The topological polar surface area (TPSA) is 24.5 Å². The average molecular weight is 240 g/mol. The Hall–Kier alpha value is -0.380. The van der Waals surface area contributed by atoms with Crippen LogP contribution in [-0.4, -0.2) is 49.8 Å². The van der Waals surface area contributed by atoms with Gasteiger partial charge in [-0.3, -0.25) is 4.90 Å². The van der Waals surface area contributed by atoms with E-state index in [0.717, 1.165) is 32.7 Å². The van der Waals surface area contributed by atoms with Gasteiger partial charge < -0.3 is 10.1 Å². The van der Waals surface area contributed by atoms with Gasteiger partial charge in [0.2, 0.25) is 0 Å². The molecule has 0 spiro atoms. The lowest BCUT2D eigenvalue weighted by Gasteiger charge is -2.37. The molecule has 1 aliphatic rings. The molecule has 0 radical (unpaired) electrons. The molecule has 3 nitrogen and oxygen atoms in total. The number of hydrogen-bond donors (Lipinski definition) is 1. The summed E-state index contributed by atoms with van der Waals surface area (Å²) < 4.78 is 5.57. The lowest BCUT2D eigenvalue weighted by atomic mass is 9.98. The predicted octanol–water partition coefficient (Wildman–Crippen LogP) is 2.04.